The maximum absolute atomic E-state index is 11.1. The van der Waals surface area contributed by atoms with Crippen molar-refractivity contribution < 1.29 is 9.21 Å². The Kier molecular flexibility index (Phi) is 4.63. The van der Waals surface area contributed by atoms with Crippen LogP contribution in [0.1, 0.15) is 11.3 Å². The lowest BCUT2D eigenvalue weighted by atomic mass is 10.1. The summed E-state index contributed by atoms with van der Waals surface area (Å²) in [5.74, 6) is 1.74. The first-order valence-electron chi connectivity index (χ1n) is 5.99. The van der Waals surface area contributed by atoms with Gasteiger partial charge in [0.25, 0.3) is 0 Å². The van der Waals surface area contributed by atoms with Crippen LogP contribution in [0.3, 0.4) is 0 Å². The quantitative estimate of drug-likeness (QED) is 0.912. The fourth-order valence-electron chi connectivity index (χ4n) is 1.52. The predicted molar refractivity (Wildman–Crippen MR) is 76.9 cm³/mol. The summed E-state index contributed by atoms with van der Waals surface area (Å²) in [6.07, 6.45) is 1.64. The molecule has 19 heavy (non-hydrogen) atoms. The number of nitrogens with one attached hydrogen (secondary N) is 1. The molecule has 1 heterocycles. The van der Waals surface area contributed by atoms with E-state index in [1.807, 2.05) is 31.2 Å². The molecular weight excluding hydrogens is 260 g/mol. The van der Waals surface area contributed by atoms with Gasteiger partial charge in [-0.2, -0.15) is 0 Å². The van der Waals surface area contributed by atoms with E-state index < -0.39 is 0 Å². The molecule has 0 spiro atoms. The fourth-order valence-corrected chi connectivity index (χ4v) is 2.30. The van der Waals surface area contributed by atoms with E-state index >= 15 is 0 Å². The smallest absolute Gasteiger partial charge is 0.229 e. The van der Waals surface area contributed by atoms with Crippen LogP contribution in [0.2, 0.25) is 0 Å². The Morgan fingerprint density at radius 3 is 2.79 bits per heavy atom. The highest BCUT2D eigenvalue weighted by atomic mass is 32.2. The van der Waals surface area contributed by atoms with Crippen LogP contribution in [0.25, 0.3) is 11.5 Å². The van der Waals surface area contributed by atoms with E-state index in [1.165, 1.54) is 17.3 Å². The molecule has 1 aromatic heterocycles. The molecule has 100 valence electrons. The molecule has 1 amide bonds. The van der Waals surface area contributed by atoms with Gasteiger partial charge in [-0.05, 0) is 19.1 Å². The second-order valence-electron chi connectivity index (χ2n) is 4.18. The fraction of sp³-hybridized carbons (Fsp3) is 0.286. The van der Waals surface area contributed by atoms with Crippen molar-refractivity contribution in [3.63, 3.8) is 0 Å². The van der Waals surface area contributed by atoms with Crippen molar-refractivity contribution in [2.75, 3.05) is 12.8 Å². The van der Waals surface area contributed by atoms with Gasteiger partial charge in [-0.3, -0.25) is 4.79 Å². The summed E-state index contributed by atoms with van der Waals surface area (Å²) in [6.45, 7) is 2.04. The number of hydrogen-bond donors (Lipinski definition) is 1. The van der Waals surface area contributed by atoms with Crippen molar-refractivity contribution in [3.05, 3.63) is 41.8 Å². The van der Waals surface area contributed by atoms with Gasteiger partial charge in [-0.15, -0.1) is 11.8 Å². The second-order valence-corrected chi connectivity index (χ2v) is 5.16. The van der Waals surface area contributed by atoms with Crippen molar-refractivity contribution in [1.82, 2.24) is 10.3 Å². The van der Waals surface area contributed by atoms with Crippen molar-refractivity contribution in [3.8, 4) is 11.5 Å². The van der Waals surface area contributed by atoms with E-state index in [0.29, 0.717) is 17.4 Å². The molecule has 0 saturated carbocycles. The van der Waals surface area contributed by atoms with Crippen molar-refractivity contribution >= 4 is 17.7 Å². The summed E-state index contributed by atoms with van der Waals surface area (Å²) in [5.41, 5.74) is 3.02. The van der Waals surface area contributed by atoms with Gasteiger partial charge in [0.2, 0.25) is 11.8 Å². The van der Waals surface area contributed by atoms with E-state index in [-0.39, 0.29) is 5.91 Å². The molecule has 5 heteroatoms. The minimum Gasteiger partial charge on any atom is -0.444 e. The van der Waals surface area contributed by atoms with E-state index in [9.17, 15) is 4.79 Å². The summed E-state index contributed by atoms with van der Waals surface area (Å²) in [5, 5.41) is 2.58. The number of thioether (sulfide) groups is 1. The van der Waals surface area contributed by atoms with Crippen LogP contribution in [0.5, 0.6) is 0 Å². The number of carbonyl (C=O) groups is 1. The third-order valence-electron chi connectivity index (χ3n) is 2.61. The highest BCUT2D eigenvalue weighted by Gasteiger charge is 2.07. The molecule has 0 atom stereocenters. The summed E-state index contributed by atoms with van der Waals surface area (Å²) < 4.78 is 5.45. The van der Waals surface area contributed by atoms with Crippen LogP contribution >= 0.6 is 11.8 Å². The van der Waals surface area contributed by atoms with E-state index in [1.54, 1.807) is 13.3 Å². The zero-order valence-corrected chi connectivity index (χ0v) is 11.8. The van der Waals surface area contributed by atoms with E-state index in [0.717, 1.165) is 11.3 Å². The molecule has 1 N–H and O–H groups in total. The summed E-state index contributed by atoms with van der Waals surface area (Å²) in [4.78, 5) is 15.5. The van der Waals surface area contributed by atoms with E-state index in [2.05, 4.69) is 10.3 Å². The lowest BCUT2D eigenvalue weighted by molar-refractivity contribution is -0.118. The molecule has 0 aliphatic rings. The van der Waals surface area contributed by atoms with Crippen molar-refractivity contribution in [1.29, 1.82) is 0 Å². The van der Waals surface area contributed by atoms with Gasteiger partial charge in [0, 0.05) is 18.4 Å². The Morgan fingerprint density at radius 1 is 1.37 bits per heavy atom. The lowest BCUT2D eigenvalue weighted by Gasteiger charge is -1.97. The minimum atomic E-state index is 0.0206. The Morgan fingerprint density at radius 2 is 2.11 bits per heavy atom. The molecule has 0 saturated heterocycles. The SMILES string of the molecule is CNC(=O)CSCc1coc(-c2ccc(C)cc2)n1. The molecular formula is C14H16N2O2S. The summed E-state index contributed by atoms with van der Waals surface area (Å²) in [7, 11) is 1.63. The second kappa shape index (κ2) is 6.43. The Balaban J connectivity index is 1.95. The molecule has 0 aliphatic heterocycles. The summed E-state index contributed by atoms with van der Waals surface area (Å²) in [6, 6.07) is 8.03. The number of aryl methyl sites for hydroxylation is 1. The topological polar surface area (TPSA) is 55.1 Å². The Labute approximate surface area is 116 Å². The van der Waals surface area contributed by atoms with Crippen LogP contribution in [-0.4, -0.2) is 23.7 Å². The lowest BCUT2D eigenvalue weighted by Crippen LogP contribution is -2.19. The van der Waals surface area contributed by atoms with Crippen LogP contribution in [0.15, 0.2) is 34.9 Å². The Hall–Kier alpha value is -1.75. The highest BCUT2D eigenvalue weighted by Crippen LogP contribution is 2.21. The number of carbonyl (C=O) groups excluding carboxylic acids is 1. The van der Waals surface area contributed by atoms with Crippen LogP contribution in [-0.2, 0) is 10.5 Å². The van der Waals surface area contributed by atoms with Crippen molar-refractivity contribution in [2.24, 2.45) is 0 Å². The first kappa shape index (κ1) is 13.7. The zero-order valence-electron chi connectivity index (χ0n) is 11.0. The number of rotatable bonds is 5. The largest absolute Gasteiger partial charge is 0.444 e. The maximum atomic E-state index is 11.1. The van der Waals surface area contributed by atoms with Gasteiger partial charge < -0.3 is 9.73 Å². The minimum absolute atomic E-state index is 0.0206. The van der Waals surface area contributed by atoms with Gasteiger partial charge in [-0.1, -0.05) is 17.7 Å². The molecule has 0 bridgehead atoms. The molecule has 2 rings (SSSR count). The first-order chi connectivity index (χ1) is 9.19. The molecule has 0 aliphatic carbocycles. The molecule has 1 aromatic carbocycles. The number of hydrogen-bond acceptors (Lipinski definition) is 4. The number of benzene rings is 1. The first-order valence-corrected chi connectivity index (χ1v) is 7.14. The average molecular weight is 276 g/mol. The third-order valence-corrected chi connectivity index (χ3v) is 3.58. The van der Waals surface area contributed by atoms with Gasteiger partial charge in [0.1, 0.15) is 6.26 Å². The molecule has 0 radical (unpaired) electrons. The normalized spacial score (nSPS) is 10.4. The third kappa shape index (κ3) is 3.86. The van der Waals surface area contributed by atoms with Gasteiger partial charge in [0.05, 0.1) is 11.4 Å². The molecule has 4 nitrogen and oxygen atoms in total. The monoisotopic (exact) mass is 276 g/mol. The Bertz CT molecular complexity index is 549. The van der Waals surface area contributed by atoms with Crippen LogP contribution in [0.4, 0.5) is 0 Å². The highest BCUT2D eigenvalue weighted by molar-refractivity contribution is 7.99. The zero-order chi connectivity index (χ0) is 13.7. The molecule has 0 fully saturated rings. The van der Waals surface area contributed by atoms with E-state index in [4.69, 9.17) is 4.42 Å². The number of oxazole rings is 1. The van der Waals surface area contributed by atoms with Gasteiger partial charge >= 0.3 is 0 Å². The number of amides is 1. The molecule has 0 unspecified atom stereocenters. The molecule has 2 aromatic rings. The van der Waals surface area contributed by atoms with Gasteiger partial charge in [0.15, 0.2) is 0 Å². The standard InChI is InChI=1S/C14H16N2O2S/c1-10-3-5-11(6-4-10)14-16-12(7-18-14)8-19-9-13(17)15-2/h3-7H,8-9H2,1-2H3,(H,15,17). The van der Waals surface area contributed by atoms with Crippen LogP contribution < -0.4 is 5.32 Å². The number of aromatic nitrogens is 1. The van der Waals surface area contributed by atoms with Crippen molar-refractivity contribution in [2.45, 2.75) is 12.7 Å². The average Bonchev–Trinajstić information content (AvgIpc) is 2.88. The van der Waals surface area contributed by atoms with Gasteiger partial charge in [-0.25, -0.2) is 4.98 Å². The predicted octanol–water partition coefficient (Wildman–Crippen LogP) is 2.63. The summed E-state index contributed by atoms with van der Waals surface area (Å²) >= 11 is 1.52. The van der Waals surface area contributed by atoms with Crippen LogP contribution in [0, 0.1) is 6.92 Å². The maximum Gasteiger partial charge on any atom is 0.229 e. The number of nitrogens with zero attached hydrogens (tertiary/aromatic N) is 1.